The number of methoxy groups -OCH3 is 1. The maximum absolute atomic E-state index is 11.8. The van der Waals surface area contributed by atoms with Crippen LogP contribution in [0, 0.1) is 5.92 Å². The summed E-state index contributed by atoms with van der Waals surface area (Å²) >= 11 is 0. The maximum Gasteiger partial charge on any atom is 0.310 e. The highest BCUT2D eigenvalue weighted by Gasteiger charge is 2.29. The Labute approximate surface area is 120 Å². The van der Waals surface area contributed by atoms with Gasteiger partial charge in [0.15, 0.2) is 0 Å². The Morgan fingerprint density at radius 3 is 2.25 bits per heavy atom. The zero-order chi connectivity index (χ0) is 14.6. The van der Waals surface area contributed by atoms with Gasteiger partial charge in [-0.25, -0.2) is 0 Å². The van der Waals surface area contributed by atoms with Crippen molar-refractivity contribution in [2.24, 2.45) is 11.7 Å². The van der Waals surface area contributed by atoms with Crippen molar-refractivity contribution in [3.05, 3.63) is 0 Å². The van der Waals surface area contributed by atoms with Gasteiger partial charge in [-0.2, -0.15) is 0 Å². The highest BCUT2D eigenvalue weighted by Crippen LogP contribution is 2.23. The second-order valence-electron chi connectivity index (χ2n) is 4.94. The minimum absolute atomic E-state index is 0.0497. The van der Waals surface area contributed by atoms with Gasteiger partial charge < -0.3 is 24.7 Å². The van der Waals surface area contributed by atoms with Gasteiger partial charge in [0.1, 0.15) is 6.61 Å². The van der Waals surface area contributed by atoms with E-state index in [1.807, 2.05) is 0 Å². The first-order chi connectivity index (χ1) is 9.75. The molecular formula is C14H27NO5. The average Bonchev–Trinajstić information content (AvgIpc) is 2.46. The van der Waals surface area contributed by atoms with Gasteiger partial charge in [-0.15, -0.1) is 0 Å². The fraction of sp³-hybridized carbons (Fsp3) is 0.929. The molecule has 1 aliphatic carbocycles. The van der Waals surface area contributed by atoms with Gasteiger partial charge in [-0.1, -0.05) is 12.8 Å². The number of carbonyl (C=O) groups excluding carboxylic acids is 1. The molecule has 1 fully saturated rings. The molecule has 2 unspecified atom stereocenters. The number of nitrogens with two attached hydrogens (primary N) is 1. The van der Waals surface area contributed by atoms with Crippen LogP contribution in [0.3, 0.4) is 0 Å². The van der Waals surface area contributed by atoms with Crippen LogP contribution in [-0.2, 0) is 23.7 Å². The molecule has 118 valence electrons. The first kappa shape index (κ1) is 17.4. The summed E-state index contributed by atoms with van der Waals surface area (Å²) in [5.41, 5.74) is 5.93. The number of carbonyl (C=O) groups is 1. The molecule has 6 nitrogen and oxygen atoms in total. The lowest BCUT2D eigenvalue weighted by atomic mass is 9.85. The lowest BCUT2D eigenvalue weighted by Crippen LogP contribution is -2.39. The topological polar surface area (TPSA) is 80.0 Å². The molecule has 0 saturated heterocycles. The third-order valence-corrected chi connectivity index (χ3v) is 3.40. The van der Waals surface area contributed by atoms with E-state index in [4.69, 9.17) is 24.7 Å². The molecule has 0 heterocycles. The third kappa shape index (κ3) is 7.19. The summed E-state index contributed by atoms with van der Waals surface area (Å²) < 4.78 is 20.6. The normalized spacial score (nSPS) is 22.7. The smallest absolute Gasteiger partial charge is 0.310 e. The second-order valence-corrected chi connectivity index (χ2v) is 4.94. The van der Waals surface area contributed by atoms with Crippen molar-refractivity contribution in [1.29, 1.82) is 0 Å². The van der Waals surface area contributed by atoms with E-state index in [1.54, 1.807) is 7.11 Å². The minimum Gasteiger partial charge on any atom is -0.463 e. The molecule has 0 amide bonds. The van der Waals surface area contributed by atoms with E-state index in [0.29, 0.717) is 33.0 Å². The number of esters is 1. The van der Waals surface area contributed by atoms with Crippen molar-refractivity contribution in [3.63, 3.8) is 0 Å². The largest absolute Gasteiger partial charge is 0.463 e. The van der Waals surface area contributed by atoms with Crippen LogP contribution in [0.25, 0.3) is 0 Å². The van der Waals surface area contributed by atoms with Crippen molar-refractivity contribution < 1.29 is 23.7 Å². The summed E-state index contributed by atoms with van der Waals surface area (Å²) in [4.78, 5) is 11.8. The van der Waals surface area contributed by atoms with Gasteiger partial charge in [-0.3, -0.25) is 4.79 Å². The fourth-order valence-electron chi connectivity index (χ4n) is 2.22. The summed E-state index contributed by atoms with van der Waals surface area (Å²) in [7, 11) is 1.63. The van der Waals surface area contributed by atoms with E-state index in [0.717, 1.165) is 25.7 Å². The molecule has 1 rings (SSSR count). The van der Waals surface area contributed by atoms with Crippen LogP contribution in [-0.4, -0.2) is 58.8 Å². The zero-order valence-electron chi connectivity index (χ0n) is 12.3. The Balaban J connectivity index is 1.94. The van der Waals surface area contributed by atoms with E-state index in [-0.39, 0.29) is 24.5 Å². The predicted molar refractivity (Wildman–Crippen MR) is 74.4 cm³/mol. The molecule has 0 aromatic carbocycles. The van der Waals surface area contributed by atoms with E-state index in [9.17, 15) is 4.79 Å². The van der Waals surface area contributed by atoms with Crippen molar-refractivity contribution in [2.45, 2.75) is 31.7 Å². The molecule has 1 aliphatic rings. The van der Waals surface area contributed by atoms with Crippen LogP contribution in [0.5, 0.6) is 0 Å². The van der Waals surface area contributed by atoms with Crippen LogP contribution in [0.2, 0.25) is 0 Å². The molecule has 6 heteroatoms. The Bertz CT molecular complexity index is 262. The van der Waals surface area contributed by atoms with Gasteiger partial charge >= 0.3 is 5.97 Å². The summed E-state index contributed by atoms with van der Waals surface area (Å²) in [5.74, 6) is -0.321. The molecule has 0 aliphatic heterocycles. The lowest BCUT2D eigenvalue weighted by molar-refractivity contribution is -0.152. The molecule has 20 heavy (non-hydrogen) atoms. The third-order valence-electron chi connectivity index (χ3n) is 3.40. The second kappa shape index (κ2) is 11.0. The fourth-order valence-corrected chi connectivity index (χ4v) is 2.22. The standard InChI is InChI=1S/C14H27NO5/c1-17-6-7-18-8-9-19-10-11-20-14(16)12-4-2-3-5-13(12)15/h12-13H,2-11,15H2,1H3. The number of rotatable bonds is 10. The quantitative estimate of drug-likeness (QED) is 0.472. The molecular weight excluding hydrogens is 262 g/mol. The number of hydrogen-bond acceptors (Lipinski definition) is 6. The SMILES string of the molecule is COCCOCCOCCOC(=O)C1CCCCC1N. The van der Waals surface area contributed by atoms with Gasteiger partial charge in [0.25, 0.3) is 0 Å². The van der Waals surface area contributed by atoms with Crippen molar-refractivity contribution in [2.75, 3.05) is 46.8 Å². The van der Waals surface area contributed by atoms with E-state index >= 15 is 0 Å². The van der Waals surface area contributed by atoms with Crippen LogP contribution in [0.15, 0.2) is 0 Å². The Morgan fingerprint density at radius 1 is 1.00 bits per heavy atom. The summed E-state index contributed by atoms with van der Waals surface area (Å²) in [6, 6.07) is -0.0497. The summed E-state index contributed by atoms with van der Waals surface area (Å²) in [5, 5.41) is 0. The first-order valence-corrected chi connectivity index (χ1v) is 7.32. The molecule has 0 bridgehead atoms. The van der Waals surface area contributed by atoms with Crippen LogP contribution < -0.4 is 5.73 Å². The average molecular weight is 289 g/mol. The molecule has 0 radical (unpaired) electrons. The first-order valence-electron chi connectivity index (χ1n) is 7.32. The maximum atomic E-state index is 11.8. The van der Waals surface area contributed by atoms with Gasteiger partial charge in [0.05, 0.1) is 39.0 Å². The van der Waals surface area contributed by atoms with Crippen molar-refractivity contribution in [1.82, 2.24) is 0 Å². The molecule has 0 aromatic rings. The van der Waals surface area contributed by atoms with Gasteiger partial charge in [0, 0.05) is 13.2 Å². The number of ether oxygens (including phenoxy) is 4. The van der Waals surface area contributed by atoms with Crippen LogP contribution in [0.1, 0.15) is 25.7 Å². The van der Waals surface area contributed by atoms with Crippen LogP contribution >= 0.6 is 0 Å². The van der Waals surface area contributed by atoms with Gasteiger partial charge in [-0.05, 0) is 12.8 Å². The van der Waals surface area contributed by atoms with E-state index in [2.05, 4.69) is 0 Å². The highest BCUT2D eigenvalue weighted by molar-refractivity contribution is 5.73. The zero-order valence-corrected chi connectivity index (χ0v) is 12.3. The summed E-state index contributed by atoms with van der Waals surface area (Å²) in [6.45, 7) is 2.82. The number of hydrogen-bond donors (Lipinski definition) is 1. The molecule has 0 spiro atoms. The van der Waals surface area contributed by atoms with Crippen molar-refractivity contribution >= 4 is 5.97 Å². The van der Waals surface area contributed by atoms with Gasteiger partial charge in [0.2, 0.25) is 0 Å². The Kier molecular flexibility index (Phi) is 9.57. The molecule has 2 N–H and O–H groups in total. The summed E-state index contributed by atoms with van der Waals surface area (Å²) in [6.07, 6.45) is 3.92. The Morgan fingerprint density at radius 2 is 1.60 bits per heavy atom. The lowest BCUT2D eigenvalue weighted by Gasteiger charge is -2.26. The minimum atomic E-state index is -0.183. The molecule has 1 saturated carbocycles. The molecule has 2 atom stereocenters. The highest BCUT2D eigenvalue weighted by atomic mass is 16.6. The Hall–Kier alpha value is -0.690. The van der Waals surface area contributed by atoms with E-state index < -0.39 is 0 Å². The van der Waals surface area contributed by atoms with Crippen molar-refractivity contribution in [3.8, 4) is 0 Å². The molecule has 0 aromatic heterocycles. The van der Waals surface area contributed by atoms with Crippen LogP contribution in [0.4, 0.5) is 0 Å². The van der Waals surface area contributed by atoms with E-state index in [1.165, 1.54) is 0 Å². The monoisotopic (exact) mass is 289 g/mol. The predicted octanol–water partition coefficient (Wildman–Crippen LogP) is 0.727.